The molecule has 0 unspecified atom stereocenters. The molecule has 19 heavy (non-hydrogen) atoms. The predicted molar refractivity (Wildman–Crippen MR) is 68.4 cm³/mol. The Bertz CT molecular complexity index is 567. The van der Waals surface area contributed by atoms with Crippen molar-refractivity contribution in [1.82, 2.24) is 0 Å². The van der Waals surface area contributed by atoms with E-state index >= 15 is 0 Å². The maximum absolute atomic E-state index is 12.1. The van der Waals surface area contributed by atoms with E-state index < -0.39 is 6.36 Å². The van der Waals surface area contributed by atoms with Crippen LogP contribution in [0.4, 0.5) is 13.2 Å². The number of halogens is 3. The maximum atomic E-state index is 12.1. The van der Waals surface area contributed by atoms with Crippen LogP contribution in [0, 0.1) is 6.92 Å². The SMILES string of the molecule is Cc1cccc(Sc2cccc(OC(F)(F)F)c2)c1. The van der Waals surface area contributed by atoms with Crippen molar-refractivity contribution in [1.29, 1.82) is 0 Å². The molecule has 0 atom stereocenters. The average molecular weight is 284 g/mol. The topological polar surface area (TPSA) is 9.23 Å². The standard InChI is InChI=1S/C14H11F3OS/c1-10-4-2-6-12(8-10)19-13-7-3-5-11(9-13)18-14(15,16)17/h2-9H,1H3. The van der Waals surface area contributed by atoms with E-state index in [0.29, 0.717) is 4.90 Å². The Kier molecular flexibility index (Phi) is 4.04. The first-order chi connectivity index (χ1) is 8.92. The molecule has 5 heteroatoms. The fourth-order valence-corrected chi connectivity index (χ4v) is 2.54. The number of aryl methyl sites for hydroxylation is 1. The summed E-state index contributed by atoms with van der Waals surface area (Å²) in [7, 11) is 0. The Morgan fingerprint density at radius 3 is 2.21 bits per heavy atom. The second kappa shape index (κ2) is 5.57. The fraction of sp³-hybridized carbons (Fsp3) is 0.143. The van der Waals surface area contributed by atoms with E-state index in [0.717, 1.165) is 10.5 Å². The first-order valence-electron chi connectivity index (χ1n) is 5.53. The zero-order valence-electron chi connectivity index (χ0n) is 10.1. The molecular weight excluding hydrogens is 273 g/mol. The number of hydrogen-bond donors (Lipinski definition) is 0. The fourth-order valence-electron chi connectivity index (χ4n) is 1.55. The van der Waals surface area contributed by atoms with Gasteiger partial charge in [-0.1, -0.05) is 35.5 Å². The highest BCUT2D eigenvalue weighted by Gasteiger charge is 2.31. The van der Waals surface area contributed by atoms with Crippen molar-refractivity contribution >= 4 is 11.8 Å². The van der Waals surface area contributed by atoms with Gasteiger partial charge in [0.25, 0.3) is 0 Å². The third kappa shape index (κ3) is 4.52. The summed E-state index contributed by atoms with van der Waals surface area (Å²) in [5, 5.41) is 0. The van der Waals surface area contributed by atoms with Gasteiger partial charge in [0.15, 0.2) is 0 Å². The zero-order valence-corrected chi connectivity index (χ0v) is 10.9. The van der Waals surface area contributed by atoms with Crippen molar-refractivity contribution < 1.29 is 17.9 Å². The first-order valence-corrected chi connectivity index (χ1v) is 6.34. The molecule has 0 aliphatic carbocycles. The summed E-state index contributed by atoms with van der Waals surface area (Å²) < 4.78 is 40.3. The summed E-state index contributed by atoms with van der Waals surface area (Å²) in [5.74, 6) is -0.204. The van der Waals surface area contributed by atoms with Crippen LogP contribution in [-0.4, -0.2) is 6.36 Å². The second-order valence-electron chi connectivity index (χ2n) is 3.94. The Balaban J connectivity index is 2.15. The van der Waals surface area contributed by atoms with Gasteiger partial charge in [-0.2, -0.15) is 0 Å². The van der Waals surface area contributed by atoms with Crippen LogP contribution in [0.15, 0.2) is 58.3 Å². The smallest absolute Gasteiger partial charge is 0.406 e. The van der Waals surface area contributed by atoms with E-state index in [-0.39, 0.29) is 5.75 Å². The lowest BCUT2D eigenvalue weighted by Crippen LogP contribution is -2.17. The molecular formula is C14H11F3OS. The van der Waals surface area contributed by atoms with Crippen molar-refractivity contribution in [3.05, 3.63) is 54.1 Å². The normalized spacial score (nSPS) is 11.4. The highest BCUT2D eigenvalue weighted by Crippen LogP contribution is 2.32. The Hall–Kier alpha value is -1.62. The molecule has 0 heterocycles. The quantitative estimate of drug-likeness (QED) is 0.780. The molecule has 2 aromatic carbocycles. The molecule has 2 aromatic rings. The van der Waals surface area contributed by atoms with Crippen molar-refractivity contribution in [3.63, 3.8) is 0 Å². The summed E-state index contributed by atoms with van der Waals surface area (Å²) >= 11 is 1.39. The third-order valence-electron chi connectivity index (χ3n) is 2.26. The van der Waals surface area contributed by atoms with Crippen LogP contribution in [0.1, 0.15) is 5.56 Å². The largest absolute Gasteiger partial charge is 0.573 e. The summed E-state index contributed by atoms with van der Waals surface area (Å²) in [6.07, 6.45) is -4.66. The van der Waals surface area contributed by atoms with Gasteiger partial charge in [0.1, 0.15) is 5.75 Å². The Morgan fingerprint density at radius 1 is 0.947 bits per heavy atom. The van der Waals surface area contributed by atoms with Gasteiger partial charge in [-0.15, -0.1) is 13.2 Å². The molecule has 0 aliphatic rings. The average Bonchev–Trinajstić information content (AvgIpc) is 2.27. The number of ether oxygens (including phenoxy) is 1. The highest BCUT2D eigenvalue weighted by atomic mass is 32.2. The van der Waals surface area contributed by atoms with Crippen LogP contribution in [0.5, 0.6) is 5.75 Å². The van der Waals surface area contributed by atoms with E-state index in [4.69, 9.17) is 0 Å². The molecule has 0 aliphatic heterocycles. The molecule has 0 saturated carbocycles. The summed E-state index contributed by atoms with van der Waals surface area (Å²) in [6, 6.07) is 13.7. The third-order valence-corrected chi connectivity index (χ3v) is 3.24. The molecule has 1 nitrogen and oxygen atoms in total. The lowest BCUT2D eigenvalue weighted by Gasteiger charge is -2.10. The minimum absolute atomic E-state index is 0.204. The van der Waals surface area contributed by atoms with Crippen molar-refractivity contribution in [3.8, 4) is 5.75 Å². The van der Waals surface area contributed by atoms with Crippen LogP contribution in [0.2, 0.25) is 0 Å². The molecule has 0 radical (unpaired) electrons. The van der Waals surface area contributed by atoms with E-state index in [9.17, 15) is 13.2 Å². The van der Waals surface area contributed by atoms with Crippen LogP contribution in [-0.2, 0) is 0 Å². The monoisotopic (exact) mass is 284 g/mol. The van der Waals surface area contributed by atoms with Crippen LogP contribution >= 0.6 is 11.8 Å². The lowest BCUT2D eigenvalue weighted by atomic mass is 10.2. The Labute approximate surface area is 113 Å². The van der Waals surface area contributed by atoms with Crippen molar-refractivity contribution in [2.24, 2.45) is 0 Å². The molecule has 0 N–H and O–H groups in total. The van der Waals surface area contributed by atoms with Crippen LogP contribution < -0.4 is 4.74 Å². The summed E-state index contributed by atoms with van der Waals surface area (Å²) in [6.45, 7) is 1.97. The molecule has 100 valence electrons. The number of rotatable bonds is 3. The van der Waals surface area contributed by atoms with Crippen LogP contribution in [0.25, 0.3) is 0 Å². The van der Waals surface area contributed by atoms with E-state index in [2.05, 4.69) is 4.74 Å². The van der Waals surface area contributed by atoms with E-state index in [1.807, 2.05) is 31.2 Å². The van der Waals surface area contributed by atoms with Crippen molar-refractivity contribution in [2.45, 2.75) is 23.1 Å². The van der Waals surface area contributed by atoms with Gasteiger partial charge in [-0.25, -0.2) is 0 Å². The maximum Gasteiger partial charge on any atom is 0.573 e. The second-order valence-corrected chi connectivity index (χ2v) is 5.09. The molecule has 2 rings (SSSR count). The molecule has 0 amide bonds. The summed E-state index contributed by atoms with van der Waals surface area (Å²) in [4.78, 5) is 1.68. The number of hydrogen-bond acceptors (Lipinski definition) is 2. The first kappa shape index (κ1) is 13.8. The van der Waals surface area contributed by atoms with Crippen LogP contribution in [0.3, 0.4) is 0 Å². The summed E-state index contributed by atoms with van der Waals surface area (Å²) in [5.41, 5.74) is 1.10. The molecule has 0 bridgehead atoms. The van der Waals surface area contributed by atoms with Gasteiger partial charge in [0.2, 0.25) is 0 Å². The van der Waals surface area contributed by atoms with E-state index in [1.54, 1.807) is 12.1 Å². The minimum atomic E-state index is -4.66. The van der Waals surface area contributed by atoms with Gasteiger partial charge in [-0.05, 0) is 37.3 Å². The highest BCUT2D eigenvalue weighted by molar-refractivity contribution is 7.99. The van der Waals surface area contributed by atoms with Gasteiger partial charge in [0, 0.05) is 9.79 Å². The van der Waals surface area contributed by atoms with Gasteiger partial charge in [-0.3, -0.25) is 0 Å². The van der Waals surface area contributed by atoms with Gasteiger partial charge < -0.3 is 4.74 Å². The Morgan fingerprint density at radius 2 is 1.58 bits per heavy atom. The van der Waals surface area contributed by atoms with Crippen molar-refractivity contribution in [2.75, 3.05) is 0 Å². The molecule has 0 fully saturated rings. The van der Waals surface area contributed by atoms with E-state index in [1.165, 1.54) is 23.9 Å². The predicted octanol–water partition coefficient (Wildman–Crippen LogP) is 5.04. The molecule has 0 spiro atoms. The minimum Gasteiger partial charge on any atom is -0.406 e. The van der Waals surface area contributed by atoms with Gasteiger partial charge >= 0.3 is 6.36 Å². The number of benzene rings is 2. The molecule has 0 aromatic heterocycles. The number of alkyl halides is 3. The molecule has 0 saturated heterocycles. The lowest BCUT2D eigenvalue weighted by molar-refractivity contribution is -0.274. The van der Waals surface area contributed by atoms with Gasteiger partial charge in [0.05, 0.1) is 0 Å². The zero-order chi connectivity index (χ0) is 13.9.